The molecule has 1 heterocycles. The highest BCUT2D eigenvalue weighted by atomic mass is 35.5. The number of fused-ring (bicyclic) bond motifs is 1. The maximum absolute atomic E-state index is 9.17. The maximum atomic E-state index is 9.17. The summed E-state index contributed by atoms with van der Waals surface area (Å²) in [6.07, 6.45) is 0. The first-order valence-electron chi connectivity index (χ1n) is 4.62. The van der Waals surface area contributed by atoms with Crippen molar-refractivity contribution in [3.05, 3.63) is 29.3 Å². The van der Waals surface area contributed by atoms with Crippen LogP contribution in [0.1, 0.15) is 0 Å². The Morgan fingerprint density at radius 1 is 1.31 bits per heavy atom. The van der Waals surface area contributed by atoms with Crippen molar-refractivity contribution in [1.82, 2.24) is 4.98 Å². The third-order valence-corrected chi connectivity index (χ3v) is 2.48. The van der Waals surface area contributed by atoms with E-state index in [0.717, 1.165) is 5.39 Å². The summed E-state index contributed by atoms with van der Waals surface area (Å²) < 4.78 is 4.98. The largest absolute Gasteiger partial charge is 0.494 e. The van der Waals surface area contributed by atoms with Crippen LogP contribution in [0.4, 0.5) is 0 Å². The average Bonchev–Trinajstić information content (AvgIpc) is 2.27. The van der Waals surface area contributed by atoms with Gasteiger partial charge in [0.25, 0.3) is 0 Å². The molecular formula is C10H9BClNO3. The van der Waals surface area contributed by atoms with Gasteiger partial charge in [-0.3, -0.25) is 0 Å². The van der Waals surface area contributed by atoms with E-state index in [9.17, 15) is 0 Å². The van der Waals surface area contributed by atoms with Gasteiger partial charge in [0, 0.05) is 15.9 Å². The quantitative estimate of drug-likeness (QED) is 0.750. The van der Waals surface area contributed by atoms with E-state index in [1.807, 2.05) is 0 Å². The van der Waals surface area contributed by atoms with E-state index in [-0.39, 0.29) is 11.3 Å². The smallest absolute Gasteiger partial charge is 0.481 e. The molecule has 2 N–H and O–H groups in total. The van der Waals surface area contributed by atoms with Gasteiger partial charge < -0.3 is 14.8 Å². The van der Waals surface area contributed by atoms with Gasteiger partial charge in [-0.1, -0.05) is 11.6 Å². The monoisotopic (exact) mass is 237 g/mol. The molecule has 1 aromatic heterocycles. The molecule has 0 saturated heterocycles. The first-order chi connectivity index (χ1) is 7.61. The van der Waals surface area contributed by atoms with Crippen molar-refractivity contribution in [2.24, 2.45) is 0 Å². The number of hydrogen-bond donors (Lipinski definition) is 2. The van der Waals surface area contributed by atoms with E-state index in [1.165, 1.54) is 7.11 Å². The van der Waals surface area contributed by atoms with Crippen LogP contribution in [-0.4, -0.2) is 29.3 Å². The molecule has 0 radical (unpaired) electrons. The Hall–Kier alpha value is -1.30. The second-order valence-electron chi connectivity index (χ2n) is 3.30. The highest BCUT2D eigenvalue weighted by Crippen LogP contribution is 2.19. The van der Waals surface area contributed by atoms with Crippen LogP contribution in [-0.2, 0) is 0 Å². The number of aromatic nitrogens is 1. The van der Waals surface area contributed by atoms with Crippen LogP contribution in [0.3, 0.4) is 0 Å². The predicted octanol–water partition coefficient (Wildman–Crippen LogP) is 0.577. The summed E-state index contributed by atoms with van der Waals surface area (Å²) in [4.78, 5) is 4.16. The molecular weight excluding hydrogens is 228 g/mol. The van der Waals surface area contributed by atoms with Crippen LogP contribution in [0.2, 0.25) is 5.02 Å². The minimum Gasteiger partial charge on any atom is -0.481 e. The van der Waals surface area contributed by atoms with Crippen LogP contribution in [0.5, 0.6) is 5.88 Å². The molecule has 6 heteroatoms. The minimum atomic E-state index is -1.62. The van der Waals surface area contributed by atoms with Gasteiger partial charge >= 0.3 is 7.12 Å². The number of pyridine rings is 1. The third kappa shape index (κ3) is 1.97. The Labute approximate surface area is 97.6 Å². The lowest BCUT2D eigenvalue weighted by atomic mass is 9.80. The van der Waals surface area contributed by atoms with Gasteiger partial charge in [0.1, 0.15) is 0 Å². The molecule has 2 rings (SSSR count). The summed E-state index contributed by atoms with van der Waals surface area (Å²) in [5.74, 6) is 0.199. The number of hydrogen-bond acceptors (Lipinski definition) is 4. The third-order valence-electron chi connectivity index (χ3n) is 2.24. The summed E-state index contributed by atoms with van der Waals surface area (Å²) in [7, 11) is -0.193. The Morgan fingerprint density at radius 2 is 2.06 bits per heavy atom. The van der Waals surface area contributed by atoms with Gasteiger partial charge in [0.15, 0.2) is 0 Å². The van der Waals surface area contributed by atoms with Crippen molar-refractivity contribution in [3.8, 4) is 5.88 Å². The first kappa shape index (κ1) is 11.2. The molecule has 0 saturated carbocycles. The normalized spacial score (nSPS) is 10.5. The summed E-state index contributed by atoms with van der Waals surface area (Å²) in [6, 6.07) is 6.76. The fraction of sp³-hybridized carbons (Fsp3) is 0.100. The molecule has 0 spiro atoms. The summed E-state index contributed by atoms with van der Waals surface area (Å²) >= 11 is 5.84. The van der Waals surface area contributed by atoms with E-state index in [1.54, 1.807) is 24.3 Å². The molecule has 1 aromatic carbocycles. The van der Waals surface area contributed by atoms with Crippen molar-refractivity contribution in [3.63, 3.8) is 0 Å². The topological polar surface area (TPSA) is 62.6 Å². The fourth-order valence-electron chi connectivity index (χ4n) is 1.49. The Bertz CT molecular complexity index is 533. The summed E-state index contributed by atoms with van der Waals surface area (Å²) in [5, 5.41) is 19.6. The molecule has 0 aliphatic heterocycles. The lowest BCUT2D eigenvalue weighted by molar-refractivity contribution is 0.392. The van der Waals surface area contributed by atoms with Crippen molar-refractivity contribution in [1.29, 1.82) is 0 Å². The maximum Gasteiger partial charge on any atom is 0.494 e. The number of ether oxygens (including phenoxy) is 1. The van der Waals surface area contributed by atoms with Gasteiger partial charge in [0.2, 0.25) is 5.88 Å². The molecule has 0 fully saturated rings. The number of benzene rings is 1. The Balaban J connectivity index is 2.70. The average molecular weight is 237 g/mol. The molecule has 0 atom stereocenters. The molecule has 82 valence electrons. The second kappa shape index (κ2) is 4.29. The van der Waals surface area contributed by atoms with E-state index in [0.29, 0.717) is 10.5 Å². The molecule has 0 aliphatic rings. The predicted molar refractivity (Wildman–Crippen MR) is 63.1 cm³/mol. The first-order valence-corrected chi connectivity index (χ1v) is 5.00. The van der Waals surface area contributed by atoms with Crippen LogP contribution in [0, 0.1) is 0 Å². The lowest BCUT2D eigenvalue weighted by Crippen LogP contribution is -2.31. The Morgan fingerprint density at radius 3 is 2.69 bits per heavy atom. The van der Waals surface area contributed by atoms with Crippen molar-refractivity contribution in [2.75, 3.05) is 7.11 Å². The number of nitrogens with zero attached hydrogens (tertiary/aromatic N) is 1. The standard InChI is InChI=1S/C10H9BClNO3/c1-16-10-8(11(14)15)5-6-4-7(12)2-3-9(6)13-10/h2-5,14-15H,1H3. The zero-order valence-corrected chi connectivity index (χ0v) is 9.27. The zero-order valence-electron chi connectivity index (χ0n) is 8.51. The summed E-state index contributed by atoms with van der Waals surface area (Å²) in [5.41, 5.74) is 0.905. The highest BCUT2D eigenvalue weighted by Gasteiger charge is 2.19. The van der Waals surface area contributed by atoms with Gasteiger partial charge in [-0.05, 0) is 24.3 Å². The molecule has 2 aromatic rings. The number of methoxy groups -OCH3 is 1. The molecule has 0 amide bonds. The zero-order chi connectivity index (χ0) is 11.7. The molecule has 16 heavy (non-hydrogen) atoms. The second-order valence-corrected chi connectivity index (χ2v) is 3.73. The molecule has 0 unspecified atom stereocenters. The van der Waals surface area contributed by atoms with Gasteiger partial charge in [-0.2, -0.15) is 0 Å². The van der Waals surface area contributed by atoms with Gasteiger partial charge in [0.05, 0.1) is 12.6 Å². The number of rotatable bonds is 2. The van der Waals surface area contributed by atoms with Crippen molar-refractivity contribution >= 4 is 35.1 Å². The van der Waals surface area contributed by atoms with E-state index in [4.69, 9.17) is 26.4 Å². The minimum absolute atomic E-state index is 0.199. The van der Waals surface area contributed by atoms with Gasteiger partial charge in [-0.25, -0.2) is 4.98 Å². The van der Waals surface area contributed by atoms with Crippen LogP contribution >= 0.6 is 11.6 Å². The molecule has 4 nitrogen and oxygen atoms in total. The van der Waals surface area contributed by atoms with Crippen LogP contribution in [0.25, 0.3) is 10.9 Å². The van der Waals surface area contributed by atoms with Gasteiger partial charge in [-0.15, -0.1) is 0 Å². The fourth-order valence-corrected chi connectivity index (χ4v) is 1.68. The van der Waals surface area contributed by atoms with Crippen molar-refractivity contribution < 1.29 is 14.8 Å². The number of halogens is 1. The summed E-state index contributed by atoms with van der Waals surface area (Å²) in [6.45, 7) is 0. The highest BCUT2D eigenvalue weighted by molar-refractivity contribution is 6.60. The van der Waals surface area contributed by atoms with E-state index < -0.39 is 7.12 Å². The lowest BCUT2D eigenvalue weighted by Gasteiger charge is -2.08. The van der Waals surface area contributed by atoms with Crippen LogP contribution in [0.15, 0.2) is 24.3 Å². The molecule has 0 bridgehead atoms. The Kier molecular flexibility index (Phi) is 3.00. The van der Waals surface area contributed by atoms with Crippen LogP contribution < -0.4 is 10.2 Å². The van der Waals surface area contributed by atoms with E-state index in [2.05, 4.69) is 4.98 Å². The SMILES string of the molecule is COc1nc2ccc(Cl)cc2cc1B(O)O. The van der Waals surface area contributed by atoms with E-state index >= 15 is 0 Å². The molecule has 0 aliphatic carbocycles. The van der Waals surface area contributed by atoms with Crippen molar-refractivity contribution in [2.45, 2.75) is 0 Å².